The van der Waals surface area contributed by atoms with Gasteiger partial charge in [0.25, 0.3) is 11.6 Å². The van der Waals surface area contributed by atoms with Crippen molar-refractivity contribution in [2.45, 2.75) is 20.8 Å². The number of nitro benzene ring substituents is 1. The van der Waals surface area contributed by atoms with Crippen LogP contribution >= 0.6 is 0 Å². The van der Waals surface area contributed by atoms with Crippen molar-refractivity contribution in [3.05, 3.63) is 69.0 Å². The van der Waals surface area contributed by atoms with E-state index < -0.39 is 10.8 Å². The van der Waals surface area contributed by atoms with Gasteiger partial charge in [0.1, 0.15) is 5.58 Å². The molecule has 3 rings (SSSR count). The number of benzene rings is 2. The summed E-state index contributed by atoms with van der Waals surface area (Å²) in [6.07, 6.45) is 0. The molecule has 1 heterocycles. The van der Waals surface area contributed by atoms with Crippen LogP contribution in [0.25, 0.3) is 11.0 Å². The first kappa shape index (κ1) is 15.7. The van der Waals surface area contributed by atoms with Crippen molar-refractivity contribution < 1.29 is 14.1 Å². The van der Waals surface area contributed by atoms with Crippen molar-refractivity contribution in [2.75, 3.05) is 5.32 Å². The van der Waals surface area contributed by atoms with Gasteiger partial charge in [-0.25, -0.2) is 0 Å². The lowest BCUT2D eigenvalue weighted by Gasteiger charge is -2.07. The number of fused-ring (bicyclic) bond motifs is 1. The predicted molar refractivity (Wildman–Crippen MR) is 91.5 cm³/mol. The topological polar surface area (TPSA) is 85.4 Å². The minimum atomic E-state index is -0.496. The largest absolute Gasteiger partial charge is 0.451 e. The van der Waals surface area contributed by atoms with Crippen molar-refractivity contribution in [1.29, 1.82) is 0 Å². The molecule has 1 N–H and O–H groups in total. The summed E-state index contributed by atoms with van der Waals surface area (Å²) in [6.45, 7) is 5.56. The normalized spacial score (nSPS) is 10.8. The molecule has 0 saturated carbocycles. The van der Waals surface area contributed by atoms with E-state index in [2.05, 4.69) is 5.32 Å². The van der Waals surface area contributed by atoms with Gasteiger partial charge in [-0.15, -0.1) is 0 Å². The standard InChI is InChI=1S/C18H16N2O4/c1-10-4-7-16-14(8-10)12(3)17(24-16)18(21)19-15-9-13(20(22)23)6-5-11(15)2/h4-9H,1-3H3,(H,19,21). The molecule has 0 aliphatic rings. The Labute approximate surface area is 138 Å². The molecule has 6 nitrogen and oxygen atoms in total. The number of rotatable bonds is 3. The van der Waals surface area contributed by atoms with Gasteiger partial charge >= 0.3 is 0 Å². The molecule has 2 aromatic carbocycles. The maximum Gasteiger partial charge on any atom is 0.291 e. The molecule has 0 saturated heterocycles. The fraction of sp³-hybridized carbons (Fsp3) is 0.167. The van der Waals surface area contributed by atoms with Crippen LogP contribution in [0.4, 0.5) is 11.4 Å². The SMILES string of the molecule is Cc1ccc2oc(C(=O)Nc3cc([N+](=O)[O-])ccc3C)c(C)c2c1. The summed E-state index contributed by atoms with van der Waals surface area (Å²) in [5.41, 5.74) is 3.51. The summed E-state index contributed by atoms with van der Waals surface area (Å²) in [4.78, 5) is 23.0. The third-order valence-corrected chi connectivity index (χ3v) is 3.98. The molecule has 0 aliphatic heterocycles. The molecular formula is C18H16N2O4. The average molecular weight is 324 g/mol. The Morgan fingerprint density at radius 1 is 1.12 bits per heavy atom. The third-order valence-electron chi connectivity index (χ3n) is 3.98. The first-order valence-corrected chi connectivity index (χ1v) is 7.43. The number of hydrogen-bond donors (Lipinski definition) is 1. The number of nitrogens with one attached hydrogen (secondary N) is 1. The van der Waals surface area contributed by atoms with Crippen molar-refractivity contribution in [1.82, 2.24) is 0 Å². The zero-order valence-corrected chi connectivity index (χ0v) is 13.5. The molecule has 0 aliphatic carbocycles. The molecule has 0 radical (unpaired) electrons. The van der Waals surface area contributed by atoms with E-state index in [0.717, 1.165) is 22.1 Å². The fourth-order valence-corrected chi connectivity index (χ4v) is 2.59. The highest BCUT2D eigenvalue weighted by Gasteiger charge is 2.19. The maximum atomic E-state index is 12.5. The zero-order valence-electron chi connectivity index (χ0n) is 13.5. The lowest BCUT2D eigenvalue weighted by Crippen LogP contribution is -2.13. The molecule has 1 amide bonds. The Morgan fingerprint density at radius 2 is 1.88 bits per heavy atom. The van der Waals surface area contributed by atoms with E-state index in [1.165, 1.54) is 12.1 Å². The third kappa shape index (κ3) is 2.74. The molecule has 122 valence electrons. The van der Waals surface area contributed by atoms with E-state index >= 15 is 0 Å². The van der Waals surface area contributed by atoms with E-state index in [4.69, 9.17) is 4.42 Å². The van der Waals surface area contributed by atoms with Crippen LogP contribution in [0, 0.1) is 30.9 Å². The van der Waals surface area contributed by atoms with Crippen LogP contribution in [0.5, 0.6) is 0 Å². The molecule has 0 atom stereocenters. The summed E-state index contributed by atoms with van der Waals surface area (Å²) in [6, 6.07) is 10.0. The Hall–Kier alpha value is -3.15. The van der Waals surface area contributed by atoms with E-state index in [1.54, 1.807) is 13.0 Å². The summed E-state index contributed by atoms with van der Waals surface area (Å²) in [5.74, 6) is -0.216. The highest BCUT2D eigenvalue weighted by Crippen LogP contribution is 2.28. The Bertz CT molecular complexity index is 973. The maximum absolute atomic E-state index is 12.5. The van der Waals surface area contributed by atoms with Gasteiger partial charge in [-0.1, -0.05) is 17.7 Å². The molecule has 24 heavy (non-hydrogen) atoms. The molecule has 6 heteroatoms. The molecule has 0 unspecified atom stereocenters. The van der Waals surface area contributed by atoms with Crippen LogP contribution in [-0.4, -0.2) is 10.8 Å². The molecule has 0 spiro atoms. The van der Waals surface area contributed by atoms with Gasteiger partial charge in [0.15, 0.2) is 5.76 Å². The van der Waals surface area contributed by atoms with Gasteiger partial charge in [0.2, 0.25) is 0 Å². The monoisotopic (exact) mass is 324 g/mol. The Kier molecular flexibility index (Phi) is 3.81. The van der Waals surface area contributed by atoms with Gasteiger partial charge in [-0.3, -0.25) is 14.9 Å². The van der Waals surface area contributed by atoms with Gasteiger partial charge in [-0.05, 0) is 38.5 Å². The fourth-order valence-electron chi connectivity index (χ4n) is 2.59. The van der Waals surface area contributed by atoms with Crippen LogP contribution in [0.15, 0.2) is 40.8 Å². The van der Waals surface area contributed by atoms with E-state index in [9.17, 15) is 14.9 Å². The van der Waals surface area contributed by atoms with Crippen molar-refractivity contribution in [2.24, 2.45) is 0 Å². The van der Waals surface area contributed by atoms with Crippen molar-refractivity contribution >= 4 is 28.3 Å². The Balaban J connectivity index is 1.97. The lowest BCUT2D eigenvalue weighted by atomic mass is 10.1. The molecule has 1 aromatic heterocycles. The summed E-state index contributed by atoms with van der Waals surface area (Å²) in [7, 11) is 0. The highest BCUT2D eigenvalue weighted by molar-refractivity contribution is 6.06. The van der Waals surface area contributed by atoms with Crippen molar-refractivity contribution in [3.63, 3.8) is 0 Å². The quantitative estimate of drug-likeness (QED) is 0.567. The van der Waals surface area contributed by atoms with Crippen LogP contribution in [0.1, 0.15) is 27.2 Å². The summed E-state index contributed by atoms with van der Waals surface area (Å²) in [5, 5.41) is 14.5. The summed E-state index contributed by atoms with van der Waals surface area (Å²) >= 11 is 0. The second-order valence-corrected chi connectivity index (χ2v) is 5.77. The van der Waals surface area contributed by atoms with Crippen molar-refractivity contribution in [3.8, 4) is 0 Å². The van der Waals surface area contributed by atoms with Crippen LogP contribution in [0.2, 0.25) is 0 Å². The number of non-ortho nitro benzene ring substituents is 1. The second kappa shape index (κ2) is 5.81. The van der Waals surface area contributed by atoms with Gasteiger partial charge in [0.05, 0.1) is 10.6 Å². The Morgan fingerprint density at radius 3 is 2.58 bits per heavy atom. The van der Waals surface area contributed by atoms with E-state index in [0.29, 0.717) is 11.3 Å². The van der Waals surface area contributed by atoms with E-state index in [1.807, 2.05) is 32.0 Å². The average Bonchev–Trinajstić information content (AvgIpc) is 2.86. The summed E-state index contributed by atoms with van der Waals surface area (Å²) < 4.78 is 5.66. The number of carbonyl (C=O) groups excluding carboxylic acids is 1. The van der Waals surface area contributed by atoms with Gasteiger partial charge in [-0.2, -0.15) is 0 Å². The zero-order chi connectivity index (χ0) is 17.4. The molecule has 3 aromatic rings. The minimum Gasteiger partial charge on any atom is -0.451 e. The first-order valence-electron chi connectivity index (χ1n) is 7.43. The minimum absolute atomic E-state index is 0.0761. The predicted octanol–water partition coefficient (Wildman–Crippen LogP) is 4.52. The number of carbonyl (C=O) groups is 1. The molecule has 0 bridgehead atoms. The number of amides is 1. The number of nitrogens with zero attached hydrogens (tertiary/aromatic N) is 1. The van der Waals surface area contributed by atoms with Crippen LogP contribution in [-0.2, 0) is 0 Å². The lowest BCUT2D eigenvalue weighted by molar-refractivity contribution is -0.384. The number of hydrogen-bond acceptors (Lipinski definition) is 4. The number of anilines is 1. The smallest absolute Gasteiger partial charge is 0.291 e. The van der Waals surface area contributed by atoms with E-state index in [-0.39, 0.29) is 11.4 Å². The van der Waals surface area contributed by atoms with Crippen LogP contribution in [0.3, 0.4) is 0 Å². The number of aryl methyl sites for hydroxylation is 3. The number of nitro groups is 1. The van der Waals surface area contributed by atoms with Gasteiger partial charge in [0, 0.05) is 23.1 Å². The van der Waals surface area contributed by atoms with Crippen LogP contribution < -0.4 is 5.32 Å². The molecule has 0 fully saturated rings. The van der Waals surface area contributed by atoms with Gasteiger partial charge < -0.3 is 9.73 Å². The molecular weight excluding hydrogens is 308 g/mol. The number of furan rings is 1. The highest BCUT2D eigenvalue weighted by atomic mass is 16.6. The first-order chi connectivity index (χ1) is 11.4. The second-order valence-electron chi connectivity index (χ2n) is 5.77.